The van der Waals surface area contributed by atoms with Gasteiger partial charge < -0.3 is 10.0 Å². The quantitative estimate of drug-likeness (QED) is 0.546. The van der Waals surface area contributed by atoms with Crippen molar-refractivity contribution in [2.75, 3.05) is 13.1 Å². The predicted molar refractivity (Wildman–Crippen MR) is 88.3 cm³/mol. The van der Waals surface area contributed by atoms with E-state index in [9.17, 15) is 9.90 Å². The fourth-order valence-electron chi connectivity index (χ4n) is 3.07. The molecule has 1 amide bonds. The van der Waals surface area contributed by atoms with Crippen molar-refractivity contribution in [2.45, 2.75) is 96.5 Å². The summed E-state index contributed by atoms with van der Waals surface area (Å²) in [5.74, 6) is 0.238. The number of amides is 1. The second kappa shape index (κ2) is 12.0. The number of hydrogen-bond donors (Lipinski definition) is 1. The number of likely N-dealkylation sites (tertiary alicyclic amines) is 1. The Morgan fingerprint density at radius 2 is 1.48 bits per heavy atom. The first-order valence-electron chi connectivity index (χ1n) is 9.20. The predicted octanol–water partition coefficient (Wildman–Crippen LogP) is 4.28. The van der Waals surface area contributed by atoms with Gasteiger partial charge in [-0.1, -0.05) is 71.1 Å². The fraction of sp³-hybridized carbons (Fsp3) is 0.944. The third-order valence-corrected chi connectivity index (χ3v) is 4.51. The number of β-amino-alcohol motifs (C(OH)–C–C–N with tert-alkyl or cyclic N) is 1. The molecule has 0 aromatic rings. The van der Waals surface area contributed by atoms with E-state index in [-0.39, 0.29) is 12.0 Å². The molecule has 0 aliphatic carbocycles. The molecule has 0 aromatic heterocycles. The Morgan fingerprint density at radius 1 is 0.952 bits per heavy atom. The molecular weight excluding hydrogens is 262 g/mol. The van der Waals surface area contributed by atoms with E-state index in [1.807, 2.05) is 4.90 Å². The zero-order valence-corrected chi connectivity index (χ0v) is 14.0. The zero-order valence-electron chi connectivity index (χ0n) is 14.0. The number of aliphatic hydroxyl groups excluding tert-OH is 1. The van der Waals surface area contributed by atoms with Gasteiger partial charge in [0.25, 0.3) is 0 Å². The smallest absolute Gasteiger partial charge is 0.222 e. The van der Waals surface area contributed by atoms with E-state index in [1.165, 1.54) is 64.2 Å². The van der Waals surface area contributed by atoms with E-state index in [0.29, 0.717) is 13.0 Å². The molecule has 3 nitrogen and oxygen atoms in total. The van der Waals surface area contributed by atoms with Crippen LogP contribution in [0.1, 0.15) is 90.4 Å². The lowest BCUT2D eigenvalue weighted by molar-refractivity contribution is -0.130. The van der Waals surface area contributed by atoms with Crippen LogP contribution in [0.15, 0.2) is 0 Å². The van der Waals surface area contributed by atoms with Crippen molar-refractivity contribution in [1.29, 1.82) is 0 Å². The summed E-state index contributed by atoms with van der Waals surface area (Å²) in [5.41, 5.74) is 0. The van der Waals surface area contributed by atoms with Gasteiger partial charge in [0.05, 0.1) is 6.10 Å². The summed E-state index contributed by atoms with van der Waals surface area (Å²) < 4.78 is 0. The minimum Gasteiger partial charge on any atom is -0.391 e. The van der Waals surface area contributed by atoms with Crippen molar-refractivity contribution in [3.63, 3.8) is 0 Å². The first-order valence-corrected chi connectivity index (χ1v) is 9.20. The van der Waals surface area contributed by atoms with Gasteiger partial charge in [0.1, 0.15) is 0 Å². The summed E-state index contributed by atoms with van der Waals surface area (Å²) in [6.45, 7) is 3.56. The maximum absolute atomic E-state index is 11.9. The van der Waals surface area contributed by atoms with Crippen LogP contribution in [-0.4, -0.2) is 35.1 Å². The summed E-state index contributed by atoms with van der Waals surface area (Å²) in [6.07, 6.45) is 15.6. The first kappa shape index (κ1) is 18.5. The molecule has 1 heterocycles. The number of aliphatic hydroxyl groups is 1. The SMILES string of the molecule is CCCCCCCCCCCCCC(=O)N1CC[C@H](O)C1. The van der Waals surface area contributed by atoms with Gasteiger partial charge in [-0.25, -0.2) is 0 Å². The minimum atomic E-state index is -0.286. The van der Waals surface area contributed by atoms with Crippen LogP contribution in [0.5, 0.6) is 0 Å². The van der Waals surface area contributed by atoms with Crippen LogP contribution in [0, 0.1) is 0 Å². The molecule has 1 rings (SSSR count). The average Bonchev–Trinajstić information content (AvgIpc) is 2.91. The zero-order chi connectivity index (χ0) is 15.3. The van der Waals surface area contributed by atoms with Gasteiger partial charge in [-0.3, -0.25) is 4.79 Å². The number of unbranched alkanes of at least 4 members (excludes halogenated alkanes) is 10. The van der Waals surface area contributed by atoms with Crippen LogP contribution < -0.4 is 0 Å². The molecule has 0 unspecified atom stereocenters. The van der Waals surface area contributed by atoms with Crippen LogP contribution in [0.25, 0.3) is 0 Å². The Balaban J connectivity index is 1.81. The maximum Gasteiger partial charge on any atom is 0.222 e. The number of rotatable bonds is 12. The van der Waals surface area contributed by atoms with Crippen LogP contribution in [-0.2, 0) is 4.79 Å². The van der Waals surface area contributed by atoms with Crippen LogP contribution in [0.4, 0.5) is 0 Å². The molecule has 1 saturated heterocycles. The van der Waals surface area contributed by atoms with Crippen molar-refractivity contribution in [2.24, 2.45) is 0 Å². The van der Waals surface area contributed by atoms with E-state index in [2.05, 4.69) is 6.92 Å². The molecule has 1 atom stereocenters. The van der Waals surface area contributed by atoms with Gasteiger partial charge in [0.2, 0.25) is 5.91 Å². The highest BCUT2D eigenvalue weighted by molar-refractivity contribution is 5.76. The Labute approximate surface area is 131 Å². The fourth-order valence-corrected chi connectivity index (χ4v) is 3.07. The van der Waals surface area contributed by atoms with E-state index in [4.69, 9.17) is 0 Å². The Kier molecular flexibility index (Phi) is 10.6. The number of nitrogens with zero attached hydrogens (tertiary/aromatic N) is 1. The van der Waals surface area contributed by atoms with Gasteiger partial charge in [-0.2, -0.15) is 0 Å². The second-order valence-electron chi connectivity index (χ2n) is 6.57. The average molecular weight is 297 g/mol. The van der Waals surface area contributed by atoms with E-state index >= 15 is 0 Å². The van der Waals surface area contributed by atoms with Crippen LogP contribution >= 0.6 is 0 Å². The van der Waals surface area contributed by atoms with Crippen molar-refractivity contribution < 1.29 is 9.90 Å². The monoisotopic (exact) mass is 297 g/mol. The van der Waals surface area contributed by atoms with Gasteiger partial charge in [0.15, 0.2) is 0 Å². The van der Waals surface area contributed by atoms with Crippen molar-refractivity contribution in [3.05, 3.63) is 0 Å². The van der Waals surface area contributed by atoms with E-state index < -0.39 is 0 Å². The molecule has 1 aliphatic rings. The Morgan fingerprint density at radius 3 is 1.95 bits per heavy atom. The Hall–Kier alpha value is -0.570. The largest absolute Gasteiger partial charge is 0.391 e. The molecule has 124 valence electrons. The molecule has 21 heavy (non-hydrogen) atoms. The van der Waals surface area contributed by atoms with Gasteiger partial charge in [-0.05, 0) is 12.8 Å². The number of hydrogen-bond acceptors (Lipinski definition) is 2. The molecule has 1 fully saturated rings. The van der Waals surface area contributed by atoms with Gasteiger partial charge >= 0.3 is 0 Å². The van der Waals surface area contributed by atoms with Crippen LogP contribution in [0.2, 0.25) is 0 Å². The second-order valence-corrected chi connectivity index (χ2v) is 6.57. The standard InChI is InChI=1S/C18H35NO2/c1-2-3-4-5-6-7-8-9-10-11-12-13-18(21)19-15-14-17(20)16-19/h17,20H,2-16H2,1H3/t17-/m0/s1. The molecule has 0 aromatic carbocycles. The molecule has 1 aliphatic heterocycles. The molecule has 0 spiro atoms. The van der Waals surface area contributed by atoms with Gasteiger partial charge in [-0.15, -0.1) is 0 Å². The van der Waals surface area contributed by atoms with E-state index in [0.717, 1.165) is 19.4 Å². The van der Waals surface area contributed by atoms with Crippen LogP contribution in [0.3, 0.4) is 0 Å². The maximum atomic E-state index is 11.9. The van der Waals surface area contributed by atoms with Crippen molar-refractivity contribution in [1.82, 2.24) is 4.90 Å². The lowest BCUT2D eigenvalue weighted by Crippen LogP contribution is -2.29. The number of carbonyl (C=O) groups is 1. The molecule has 0 bridgehead atoms. The summed E-state index contributed by atoms with van der Waals surface area (Å²) in [4.78, 5) is 13.7. The highest BCUT2D eigenvalue weighted by Gasteiger charge is 2.23. The highest BCUT2D eigenvalue weighted by Crippen LogP contribution is 2.14. The molecule has 3 heteroatoms. The Bertz CT molecular complexity index is 268. The third kappa shape index (κ3) is 9.13. The number of carbonyl (C=O) groups excluding carboxylic acids is 1. The summed E-state index contributed by atoms with van der Waals surface area (Å²) in [6, 6.07) is 0. The molecule has 1 N–H and O–H groups in total. The molecular formula is C18H35NO2. The van der Waals surface area contributed by atoms with E-state index in [1.54, 1.807) is 0 Å². The summed E-state index contributed by atoms with van der Waals surface area (Å²) in [7, 11) is 0. The first-order chi connectivity index (χ1) is 10.2. The summed E-state index contributed by atoms with van der Waals surface area (Å²) in [5, 5.41) is 9.41. The third-order valence-electron chi connectivity index (χ3n) is 4.51. The topological polar surface area (TPSA) is 40.5 Å². The highest BCUT2D eigenvalue weighted by atomic mass is 16.3. The normalized spacial score (nSPS) is 18.4. The molecule has 0 radical (unpaired) electrons. The minimum absolute atomic E-state index is 0.238. The van der Waals surface area contributed by atoms with Crippen molar-refractivity contribution in [3.8, 4) is 0 Å². The molecule has 0 saturated carbocycles. The summed E-state index contributed by atoms with van der Waals surface area (Å²) >= 11 is 0. The lowest BCUT2D eigenvalue weighted by atomic mass is 10.1. The van der Waals surface area contributed by atoms with Crippen molar-refractivity contribution >= 4 is 5.91 Å². The van der Waals surface area contributed by atoms with Gasteiger partial charge in [0, 0.05) is 19.5 Å². The lowest BCUT2D eigenvalue weighted by Gasteiger charge is -2.15.